The van der Waals surface area contributed by atoms with Gasteiger partial charge >= 0.3 is 5.97 Å². The maximum absolute atomic E-state index is 11.0. The third-order valence-electron chi connectivity index (χ3n) is 1.44. The summed E-state index contributed by atoms with van der Waals surface area (Å²) >= 11 is 0. The topological polar surface area (TPSA) is 26.3 Å². The minimum atomic E-state index is -0.112. The zero-order valence-corrected chi connectivity index (χ0v) is 8.22. The molecule has 0 radical (unpaired) electrons. The Balaban J connectivity index is 3.61. The second-order valence-corrected chi connectivity index (χ2v) is 2.86. The van der Waals surface area contributed by atoms with E-state index in [1.54, 1.807) is 0 Å². The first-order valence-electron chi connectivity index (χ1n) is 4.52. The molecule has 0 N–H and O–H groups in total. The fourth-order valence-electron chi connectivity index (χ4n) is 0.915. The van der Waals surface area contributed by atoms with E-state index in [9.17, 15) is 4.79 Å². The van der Waals surface area contributed by atoms with Crippen LogP contribution in [0.3, 0.4) is 0 Å². The lowest BCUT2D eigenvalue weighted by atomic mass is 10.2. The Labute approximate surface area is 74.6 Å². The van der Waals surface area contributed by atoms with E-state index in [1.165, 1.54) is 0 Å². The largest absolute Gasteiger partial charge is 0.465 e. The summed E-state index contributed by atoms with van der Waals surface area (Å²) in [6.45, 7) is 6.54. The number of carbonyl (C=O) groups excluding carboxylic acids is 1. The molecule has 2 nitrogen and oxygen atoms in total. The molecule has 0 saturated carbocycles. The number of ether oxygens (including phenoxy) is 1. The summed E-state index contributed by atoms with van der Waals surface area (Å²) in [5.74, 6) is -0.112. The van der Waals surface area contributed by atoms with Crippen molar-refractivity contribution in [3.63, 3.8) is 0 Å². The molecule has 0 aliphatic carbocycles. The molecule has 12 heavy (non-hydrogen) atoms. The van der Waals surface area contributed by atoms with Gasteiger partial charge in [-0.3, -0.25) is 4.79 Å². The predicted octanol–water partition coefficient (Wildman–Crippen LogP) is 2.69. The third kappa shape index (κ3) is 5.96. The fourth-order valence-corrected chi connectivity index (χ4v) is 0.915. The average Bonchev–Trinajstić information content (AvgIpc) is 2.01. The van der Waals surface area contributed by atoms with Crippen LogP contribution in [0.15, 0.2) is 11.6 Å². The van der Waals surface area contributed by atoms with Gasteiger partial charge in [0.2, 0.25) is 0 Å². The average molecular weight is 170 g/mol. The van der Waals surface area contributed by atoms with Gasteiger partial charge in [0, 0.05) is 0 Å². The first-order chi connectivity index (χ1) is 5.70. The summed E-state index contributed by atoms with van der Waals surface area (Å²) in [6, 6.07) is 0. The van der Waals surface area contributed by atoms with Crippen LogP contribution in [0.4, 0.5) is 0 Å². The Hall–Kier alpha value is -0.790. The van der Waals surface area contributed by atoms with Crippen molar-refractivity contribution in [2.45, 2.75) is 40.0 Å². The number of allylic oxidation sites excluding steroid dienone is 1. The van der Waals surface area contributed by atoms with E-state index in [0.29, 0.717) is 13.0 Å². The highest BCUT2D eigenvalue weighted by Gasteiger charge is 2.01. The van der Waals surface area contributed by atoms with Crippen molar-refractivity contribution in [2.75, 3.05) is 6.61 Å². The van der Waals surface area contributed by atoms with Crippen LogP contribution in [0.1, 0.15) is 40.0 Å². The maximum atomic E-state index is 11.0. The molecule has 0 aromatic heterocycles. The second kappa shape index (κ2) is 6.89. The molecule has 0 aliphatic rings. The summed E-state index contributed by atoms with van der Waals surface area (Å²) in [5.41, 5.74) is 1.10. The highest BCUT2D eigenvalue weighted by Crippen LogP contribution is 2.02. The molecule has 0 bridgehead atoms. The van der Waals surface area contributed by atoms with Crippen molar-refractivity contribution in [3.8, 4) is 0 Å². The quantitative estimate of drug-likeness (QED) is 0.468. The van der Waals surface area contributed by atoms with Crippen LogP contribution < -0.4 is 0 Å². The molecule has 0 unspecified atom stereocenters. The van der Waals surface area contributed by atoms with Gasteiger partial charge < -0.3 is 4.74 Å². The second-order valence-electron chi connectivity index (χ2n) is 2.86. The molecule has 2 heteroatoms. The van der Waals surface area contributed by atoms with E-state index >= 15 is 0 Å². The minimum absolute atomic E-state index is 0.112. The van der Waals surface area contributed by atoms with Gasteiger partial charge in [-0.2, -0.15) is 0 Å². The van der Waals surface area contributed by atoms with Crippen LogP contribution in [0.2, 0.25) is 0 Å². The van der Waals surface area contributed by atoms with E-state index in [4.69, 9.17) is 4.74 Å². The van der Waals surface area contributed by atoms with Gasteiger partial charge in [0.05, 0.1) is 13.0 Å². The summed E-state index contributed by atoms with van der Waals surface area (Å²) in [5, 5.41) is 0. The Morgan fingerprint density at radius 2 is 2.08 bits per heavy atom. The smallest absolute Gasteiger partial charge is 0.309 e. The van der Waals surface area contributed by atoms with Gasteiger partial charge in [-0.15, -0.1) is 0 Å². The molecule has 0 spiro atoms. The molecule has 0 saturated heterocycles. The van der Waals surface area contributed by atoms with Crippen LogP contribution in [0, 0.1) is 0 Å². The summed E-state index contributed by atoms with van der Waals surface area (Å²) in [4.78, 5) is 11.0. The molecule has 0 aromatic carbocycles. The van der Waals surface area contributed by atoms with Crippen LogP contribution in [-0.4, -0.2) is 12.6 Å². The summed E-state index contributed by atoms with van der Waals surface area (Å²) in [7, 11) is 0. The number of rotatable bonds is 5. The standard InChI is InChI=1S/C10H18O2/c1-4-6-9(3)8-10(11)12-7-5-2/h6H,4-5,7-8H2,1-3H3/b9-6+. The third-order valence-corrected chi connectivity index (χ3v) is 1.44. The Morgan fingerprint density at radius 1 is 1.42 bits per heavy atom. The number of esters is 1. The predicted molar refractivity (Wildman–Crippen MR) is 49.9 cm³/mol. The molecule has 0 fully saturated rings. The maximum Gasteiger partial charge on any atom is 0.309 e. The fraction of sp³-hybridized carbons (Fsp3) is 0.700. The highest BCUT2D eigenvalue weighted by atomic mass is 16.5. The molecule has 0 rings (SSSR count). The number of carbonyl (C=O) groups is 1. The lowest BCUT2D eigenvalue weighted by molar-refractivity contribution is -0.142. The Bertz CT molecular complexity index is 159. The van der Waals surface area contributed by atoms with Crippen molar-refractivity contribution in [1.29, 1.82) is 0 Å². The van der Waals surface area contributed by atoms with Crippen LogP contribution in [-0.2, 0) is 9.53 Å². The van der Waals surface area contributed by atoms with Crippen LogP contribution in [0.5, 0.6) is 0 Å². The Kier molecular flexibility index (Phi) is 6.44. The van der Waals surface area contributed by atoms with Gasteiger partial charge in [0.15, 0.2) is 0 Å². The highest BCUT2D eigenvalue weighted by molar-refractivity contribution is 5.72. The van der Waals surface area contributed by atoms with E-state index in [2.05, 4.69) is 6.92 Å². The molecule has 0 aromatic rings. The van der Waals surface area contributed by atoms with E-state index < -0.39 is 0 Å². The van der Waals surface area contributed by atoms with E-state index in [0.717, 1.165) is 18.4 Å². The lowest BCUT2D eigenvalue weighted by Crippen LogP contribution is -2.05. The van der Waals surface area contributed by atoms with Gasteiger partial charge in [-0.05, 0) is 19.8 Å². The van der Waals surface area contributed by atoms with Crippen LogP contribution in [0.25, 0.3) is 0 Å². The summed E-state index contributed by atoms with van der Waals surface area (Å²) < 4.78 is 4.93. The van der Waals surface area contributed by atoms with Gasteiger partial charge in [-0.25, -0.2) is 0 Å². The lowest BCUT2D eigenvalue weighted by Gasteiger charge is -2.02. The minimum Gasteiger partial charge on any atom is -0.465 e. The monoisotopic (exact) mass is 170 g/mol. The number of hydrogen-bond donors (Lipinski definition) is 0. The molecule has 0 aliphatic heterocycles. The molecular formula is C10H18O2. The molecular weight excluding hydrogens is 152 g/mol. The van der Waals surface area contributed by atoms with Gasteiger partial charge in [0.25, 0.3) is 0 Å². The van der Waals surface area contributed by atoms with Crippen molar-refractivity contribution in [3.05, 3.63) is 11.6 Å². The first-order valence-corrected chi connectivity index (χ1v) is 4.52. The van der Waals surface area contributed by atoms with Gasteiger partial charge in [0.1, 0.15) is 0 Å². The van der Waals surface area contributed by atoms with Crippen molar-refractivity contribution < 1.29 is 9.53 Å². The first kappa shape index (κ1) is 11.2. The molecule has 0 atom stereocenters. The molecule has 0 amide bonds. The number of hydrogen-bond acceptors (Lipinski definition) is 2. The summed E-state index contributed by atoms with van der Waals surface area (Å²) in [6.07, 6.45) is 4.36. The molecule has 70 valence electrons. The molecule has 0 heterocycles. The SMILES string of the molecule is CC/C=C(\C)CC(=O)OCCC. The van der Waals surface area contributed by atoms with Crippen molar-refractivity contribution >= 4 is 5.97 Å². The van der Waals surface area contributed by atoms with Crippen molar-refractivity contribution in [1.82, 2.24) is 0 Å². The Morgan fingerprint density at radius 3 is 2.58 bits per heavy atom. The van der Waals surface area contributed by atoms with E-state index in [-0.39, 0.29) is 5.97 Å². The van der Waals surface area contributed by atoms with Crippen molar-refractivity contribution in [2.24, 2.45) is 0 Å². The van der Waals surface area contributed by atoms with E-state index in [1.807, 2.05) is 19.9 Å². The van der Waals surface area contributed by atoms with Crippen LogP contribution >= 0.6 is 0 Å². The zero-order chi connectivity index (χ0) is 9.40. The normalized spacial score (nSPS) is 11.4. The van der Waals surface area contributed by atoms with Gasteiger partial charge in [-0.1, -0.05) is 25.5 Å². The zero-order valence-electron chi connectivity index (χ0n) is 8.22.